The monoisotopic (exact) mass is 179 g/mol. The number of benzene rings is 1. The van der Waals surface area contributed by atoms with E-state index in [1.54, 1.807) is 0 Å². The third-order valence-electron chi connectivity index (χ3n) is 1.15. The van der Waals surface area contributed by atoms with Crippen LogP contribution in [0.2, 0.25) is 0 Å². The first kappa shape index (κ1) is 12.0. The largest absolute Gasteiger partial charge is 0.385 e. The molecule has 0 aromatic heterocycles. The van der Waals surface area contributed by atoms with Crippen molar-refractivity contribution in [2.75, 3.05) is 11.9 Å². The van der Waals surface area contributed by atoms with E-state index in [1.807, 2.05) is 18.2 Å². The summed E-state index contributed by atoms with van der Waals surface area (Å²) in [4.78, 5) is 0. The lowest BCUT2D eigenvalue weighted by atomic mass is 10.3. The van der Waals surface area contributed by atoms with E-state index >= 15 is 0 Å². The van der Waals surface area contributed by atoms with Crippen LogP contribution in [-0.4, -0.2) is 6.54 Å². The van der Waals surface area contributed by atoms with E-state index in [-0.39, 0.29) is 0 Å². The minimum Gasteiger partial charge on any atom is -0.385 e. The smallest absolute Gasteiger partial charge is 0.0340 e. The first-order valence-corrected chi connectivity index (χ1v) is 4.95. The Balaban J connectivity index is 0.000000310. The van der Waals surface area contributed by atoms with E-state index in [2.05, 4.69) is 45.1 Å². The average Bonchev–Trinajstić information content (AvgIpc) is 2.06. The highest BCUT2D eigenvalue weighted by molar-refractivity contribution is 5.41. The van der Waals surface area contributed by atoms with Gasteiger partial charge in [-0.15, -0.1) is 0 Å². The number of para-hydroxylation sites is 1. The molecule has 0 aliphatic rings. The number of hydrogen-bond acceptors (Lipinski definition) is 1. The fraction of sp³-hybridized carbons (Fsp3) is 0.500. The van der Waals surface area contributed by atoms with Gasteiger partial charge in [-0.1, -0.05) is 39.0 Å². The fourth-order valence-corrected chi connectivity index (χ4v) is 0.760. The second kappa shape index (κ2) is 7.66. The van der Waals surface area contributed by atoms with Gasteiger partial charge in [-0.05, 0) is 25.0 Å². The fourth-order valence-electron chi connectivity index (χ4n) is 0.760. The molecule has 0 unspecified atom stereocenters. The molecule has 0 heterocycles. The lowest BCUT2D eigenvalue weighted by Gasteiger charge is -1.99. The zero-order chi connectivity index (χ0) is 10.1. The zero-order valence-corrected chi connectivity index (χ0v) is 9.17. The summed E-state index contributed by atoms with van der Waals surface area (Å²) in [5.74, 6) is 0.833. The Morgan fingerprint density at radius 2 is 1.54 bits per heavy atom. The molecule has 0 spiro atoms. The highest BCUT2D eigenvalue weighted by Gasteiger charge is 1.81. The Labute approximate surface area is 82.2 Å². The standard InChI is InChI=1S/C8H11N.C4H10/c1-2-9-8-6-4-3-5-7-8;1-4(2)3/h3-7,9H,2H2,1H3;4H,1-3H3. The second-order valence-electron chi connectivity index (χ2n) is 3.63. The van der Waals surface area contributed by atoms with Gasteiger partial charge in [0.1, 0.15) is 0 Å². The molecule has 1 rings (SSSR count). The van der Waals surface area contributed by atoms with Crippen molar-refractivity contribution in [3.8, 4) is 0 Å². The molecule has 0 saturated heterocycles. The molecule has 1 aromatic carbocycles. The van der Waals surface area contributed by atoms with Crippen LogP contribution < -0.4 is 5.32 Å². The maximum atomic E-state index is 3.21. The Hall–Kier alpha value is -0.980. The normalized spacial score (nSPS) is 9.00. The predicted molar refractivity (Wildman–Crippen MR) is 61.1 cm³/mol. The van der Waals surface area contributed by atoms with E-state index in [4.69, 9.17) is 0 Å². The van der Waals surface area contributed by atoms with Crippen LogP contribution in [0.1, 0.15) is 27.7 Å². The van der Waals surface area contributed by atoms with E-state index < -0.39 is 0 Å². The Kier molecular flexibility index (Phi) is 7.08. The van der Waals surface area contributed by atoms with Crippen molar-refractivity contribution < 1.29 is 0 Å². The van der Waals surface area contributed by atoms with Gasteiger partial charge >= 0.3 is 0 Å². The van der Waals surface area contributed by atoms with Gasteiger partial charge in [-0.2, -0.15) is 0 Å². The lowest BCUT2D eigenvalue weighted by molar-refractivity contribution is 0.737. The lowest BCUT2D eigenvalue weighted by Crippen LogP contribution is -1.94. The van der Waals surface area contributed by atoms with Gasteiger partial charge in [0.2, 0.25) is 0 Å². The summed E-state index contributed by atoms with van der Waals surface area (Å²) in [5.41, 5.74) is 1.19. The SMILES string of the molecule is CC(C)C.CCNc1ccccc1. The zero-order valence-electron chi connectivity index (χ0n) is 9.17. The minimum absolute atomic E-state index is 0.833. The summed E-state index contributed by atoms with van der Waals surface area (Å²) >= 11 is 0. The molecule has 0 saturated carbocycles. The summed E-state index contributed by atoms with van der Waals surface area (Å²) in [6.45, 7) is 9.58. The van der Waals surface area contributed by atoms with Crippen molar-refractivity contribution >= 4 is 5.69 Å². The molecule has 13 heavy (non-hydrogen) atoms. The topological polar surface area (TPSA) is 12.0 Å². The van der Waals surface area contributed by atoms with Crippen LogP contribution in [0.25, 0.3) is 0 Å². The first-order valence-electron chi connectivity index (χ1n) is 4.95. The molecule has 1 aromatic rings. The van der Waals surface area contributed by atoms with Gasteiger partial charge < -0.3 is 5.32 Å². The summed E-state index contributed by atoms with van der Waals surface area (Å²) in [6.07, 6.45) is 0. The summed E-state index contributed by atoms with van der Waals surface area (Å²) < 4.78 is 0. The van der Waals surface area contributed by atoms with Crippen LogP contribution in [0.5, 0.6) is 0 Å². The second-order valence-corrected chi connectivity index (χ2v) is 3.63. The van der Waals surface area contributed by atoms with Crippen LogP contribution in [0, 0.1) is 5.92 Å². The quantitative estimate of drug-likeness (QED) is 0.728. The van der Waals surface area contributed by atoms with Crippen molar-refractivity contribution in [3.63, 3.8) is 0 Å². The maximum absolute atomic E-state index is 3.21. The van der Waals surface area contributed by atoms with E-state index in [9.17, 15) is 0 Å². The molecule has 1 heteroatoms. The molecule has 1 N–H and O–H groups in total. The summed E-state index contributed by atoms with van der Waals surface area (Å²) in [7, 11) is 0. The van der Waals surface area contributed by atoms with Crippen molar-refractivity contribution in [1.82, 2.24) is 0 Å². The number of nitrogens with one attached hydrogen (secondary N) is 1. The van der Waals surface area contributed by atoms with E-state index in [1.165, 1.54) is 5.69 Å². The van der Waals surface area contributed by atoms with Crippen LogP contribution in [-0.2, 0) is 0 Å². The molecule has 0 aliphatic carbocycles. The van der Waals surface area contributed by atoms with Crippen molar-refractivity contribution in [1.29, 1.82) is 0 Å². The molecular formula is C12H21N. The molecule has 0 fully saturated rings. The van der Waals surface area contributed by atoms with Crippen LogP contribution in [0.15, 0.2) is 30.3 Å². The third kappa shape index (κ3) is 8.93. The van der Waals surface area contributed by atoms with Gasteiger partial charge in [0.05, 0.1) is 0 Å². The van der Waals surface area contributed by atoms with Crippen LogP contribution >= 0.6 is 0 Å². The highest BCUT2D eigenvalue weighted by atomic mass is 14.8. The third-order valence-corrected chi connectivity index (χ3v) is 1.15. The van der Waals surface area contributed by atoms with Crippen LogP contribution in [0.4, 0.5) is 5.69 Å². The first-order chi connectivity index (χ1) is 6.16. The van der Waals surface area contributed by atoms with E-state index in [0.29, 0.717) is 0 Å². The van der Waals surface area contributed by atoms with Gasteiger partial charge in [-0.3, -0.25) is 0 Å². The van der Waals surface area contributed by atoms with Gasteiger partial charge in [0, 0.05) is 12.2 Å². The minimum atomic E-state index is 0.833. The maximum Gasteiger partial charge on any atom is 0.0340 e. The Morgan fingerprint density at radius 1 is 1.08 bits per heavy atom. The number of rotatable bonds is 2. The van der Waals surface area contributed by atoms with Crippen molar-refractivity contribution in [3.05, 3.63) is 30.3 Å². The molecule has 0 amide bonds. The summed E-state index contributed by atoms with van der Waals surface area (Å²) in [6, 6.07) is 10.2. The number of anilines is 1. The van der Waals surface area contributed by atoms with Gasteiger partial charge in [0.25, 0.3) is 0 Å². The van der Waals surface area contributed by atoms with Crippen molar-refractivity contribution in [2.24, 2.45) is 5.92 Å². The highest BCUT2D eigenvalue weighted by Crippen LogP contribution is 2.02. The molecular weight excluding hydrogens is 158 g/mol. The number of hydrogen-bond donors (Lipinski definition) is 1. The van der Waals surface area contributed by atoms with Gasteiger partial charge in [-0.25, -0.2) is 0 Å². The molecule has 0 radical (unpaired) electrons. The van der Waals surface area contributed by atoms with Gasteiger partial charge in [0.15, 0.2) is 0 Å². The average molecular weight is 179 g/mol. The molecule has 0 atom stereocenters. The summed E-state index contributed by atoms with van der Waals surface area (Å²) in [5, 5.41) is 3.21. The van der Waals surface area contributed by atoms with E-state index in [0.717, 1.165) is 12.5 Å². The molecule has 1 nitrogen and oxygen atoms in total. The Bertz CT molecular complexity index is 189. The van der Waals surface area contributed by atoms with Crippen molar-refractivity contribution in [2.45, 2.75) is 27.7 Å². The van der Waals surface area contributed by atoms with Crippen LogP contribution in [0.3, 0.4) is 0 Å². The molecule has 74 valence electrons. The molecule has 0 aliphatic heterocycles. The molecule has 0 bridgehead atoms. The Morgan fingerprint density at radius 3 is 1.92 bits per heavy atom. The predicted octanol–water partition coefficient (Wildman–Crippen LogP) is 3.78.